The molecule has 0 saturated heterocycles. The molecule has 0 fully saturated rings. The predicted molar refractivity (Wildman–Crippen MR) is 125 cm³/mol. The largest absolute Gasteiger partial charge is 0.494 e. The second kappa shape index (κ2) is 11.1. The summed E-state index contributed by atoms with van der Waals surface area (Å²) in [5.41, 5.74) is 2.52. The predicted octanol–water partition coefficient (Wildman–Crippen LogP) is 6.71. The fourth-order valence-corrected chi connectivity index (χ4v) is 3.40. The topological polar surface area (TPSA) is 50.4 Å². The zero-order chi connectivity index (χ0) is 21.3. The number of carbonyl (C=O) groups excluding carboxylic acids is 1. The molecule has 0 heterocycles. The summed E-state index contributed by atoms with van der Waals surface area (Å²) in [6, 6.07) is 20.7. The van der Waals surface area contributed by atoms with Gasteiger partial charge in [0.2, 0.25) is 5.91 Å². The fourth-order valence-electron chi connectivity index (χ4n) is 2.78. The van der Waals surface area contributed by atoms with Crippen LogP contribution >= 0.6 is 34.8 Å². The summed E-state index contributed by atoms with van der Waals surface area (Å²) in [5.74, 6) is 0.551. The van der Waals surface area contributed by atoms with E-state index in [9.17, 15) is 4.79 Å². The van der Waals surface area contributed by atoms with Crippen molar-refractivity contribution in [3.8, 4) is 5.75 Å². The molecule has 3 rings (SSSR count). The number of carbonyl (C=O) groups is 1. The van der Waals surface area contributed by atoms with E-state index < -0.39 is 0 Å². The third kappa shape index (κ3) is 6.84. The number of nitrogens with one attached hydrogen (secondary N) is 2. The van der Waals surface area contributed by atoms with Crippen LogP contribution in [0.3, 0.4) is 0 Å². The van der Waals surface area contributed by atoms with Gasteiger partial charge >= 0.3 is 0 Å². The van der Waals surface area contributed by atoms with Gasteiger partial charge in [0.1, 0.15) is 5.75 Å². The van der Waals surface area contributed by atoms with E-state index in [1.165, 1.54) is 11.6 Å². The van der Waals surface area contributed by atoms with Crippen LogP contribution in [0, 0.1) is 0 Å². The van der Waals surface area contributed by atoms with Gasteiger partial charge in [-0.05, 0) is 54.8 Å². The Morgan fingerprint density at radius 2 is 1.57 bits per heavy atom. The summed E-state index contributed by atoms with van der Waals surface area (Å²) in [7, 11) is 0. The van der Waals surface area contributed by atoms with E-state index in [-0.39, 0.29) is 12.5 Å². The van der Waals surface area contributed by atoms with Crippen LogP contribution in [0.1, 0.15) is 12.0 Å². The Kier molecular flexibility index (Phi) is 8.26. The molecule has 156 valence electrons. The number of halogens is 3. The molecule has 0 aliphatic heterocycles. The van der Waals surface area contributed by atoms with E-state index in [1.54, 1.807) is 18.2 Å². The number of rotatable bonds is 9. The molecule has 0 bridgehead atoms. The van der Waals surface area contributed by atoms with Gasteiger partial charge in [0.25, 0.3) is 0 Å². The Balaban J connectivity index is 1.41. The minimum Gasteiger partial charge on any atom is -0.494 e. The molecule has 0 saturated carbocycles. The first kappa shape index (κ1) is 22.3. The lowest BCUT2D eigenvalue weighted by Gasteiger charge is -2.11. The Bertz CT molecular complexity index is 980. The molecule has 1 amide bonds. The van der Waals surface area contributed by atoms with Gasteiger partial charge in [0.05, 0.1) is 33.9 Å². The molecule has 0 aliphatic carbocycles. The highest BCUT2D eigenvalue weighted by Gasteiger charge is 2.08. The van der Waals surface area contributed by atoms with Crippen LogP contribution in [0.25, 0.3) is 0 Å². The highest BCUT2D eigenvalue weighted by molar-refractivity contribution is 6.44. The van der Waals surface area contributed by atoms with Crippen LogP contribution in [0.4, 0.5) is 11.4 Å². The zero-order valence-corrected chi connectivity index (χ0v) is 18.4. The average molecular weight is 464 g/mol. The molecule has 3 aromatic carbocycles. The van der Waals surface area contributed by atoms with Gasteiger partial charge in [-0.2, -0.15) is 0 Å². The molecule has 0 atom stereocenters. The van der Waals surface area contributed by atoms with Crippen molar-refractivity contribution in [1.29, 1.82) is 0 Å². The van der Waals surface area contributed by atoms with Crippen LogP contribution in [0.2, 0.25) is 15.1 Å². The lowest BCUT2D eigenvalue weighted by molar-refractivity contribution is -0.114. The van der Waals surface area contributed by atoms with Crippen molar-refractivity contribution in [2.24, 2.45) is 0 Å². The number of hydrogen-bond acceptors (Lipinski definition) is 3. The Hall–Kier alpha value is -2.40. The van der Waals surface area contributed by atoms with Gasteiger partial charge in [-0.25, -0.2) is 0 Å². The van der Waals surface area contributed by atoms with E-state index in [1.807, 2.05) is 30.3 Å². The van der Waals surface area contributed by atoms with Crippen LogP contribution in [0.15, 0.2) is 66.7 Å². The highest BCUT2D eigenvalue weighted by atomic mass is 35.5. The average Bonchev–Trinajstić information content (AvgIpc) is 2.75. The lowest BCUT2D eigenvalue weighted by Crippen LogP contribution is -2.21. The van der Waals surface area contributed by atoms with Crippen LogP contribution in [0.5, 0.6) is 5.75 Å². The first-order chi connectivity index (χ1) is 14.5. The van der Waals surface area contributed by atoms with Gasteiger partial charge in [-0.15, -0.1) is 0 Å². The maximum Gasteiger partial charge on any atom is 0.243 e. The molecule has 0 radical (unpaired) electrons. The third-order valence-corrected chi connectivity index (χ3v) is 5.34. The van der Waals surface area contributed by atoms with Gasteiger partial charge in [0.15, 0.2) is 0 Å². The second-order valence-electron chi connectivity index (χ2n) is 6.61. The summed E-state index contributed by atoms with van der Waals surface area (Å²) >= 11 is 18.0. The summed E-state index contributed by atoms with van der Waals surface area (Å²) in [6.45, 7) is 0.671. The maximum absolute atomic E-state index is 12.2. The van der Waals surface area contributed by atoms with Crippen molar-refractivity contribution in [2.45, 2.75) is 12.8 Å². The van der Waals surface area contributed by atoms with Crippen LogP contribution < -0.4 is 15.4 Å². The molecule has 0 aliphatic rings. The zero-order valence-electron chi connectivity index (χ0n) is 16.1. The fraction of sp³-hybridized carbons (Fsp3) is 0.174. The number of ether oxygens (including phenoxy) is 1. The van der Waals surface area contributed by atoms with Crippen molar-refractivity contribution in [3.05, 3.63) is 87.4 Å². The molecule has 4 nitrogen and oxygen atoms in total. The Morgan fingerprint density at radius 3 is 2.30 bits per heavy atom. The number of benzene rings is 3. The van der Waals surface area contributed by atoms with E-state index in [0.29, 0.717) is 33.0 Å². The van der Waals surface area contributed by atoms with E-state index in [4.69, 9.17) is 39.5 Å². The highest BCUT2D eigenvalue weighted by Crippen LogP contribution is 2.32. The first-order valence-corrected chi connectivity index (χ1v) is 10.6. The summed E-state index contributed by atoms with van der Waals surface area (Å²) in [4.78, 5) is 12.2. The van der Waals surface area contributed by atoms with Gasteiger partial charge in [-0.3, -0.25) is 4.79 Å². The number of aryl methyl sites for hydroxylation is 1. The summed E-state index contributed by atoms with van der Waals surface area (Å²) in [6.07, 6.45) is 1.91. The third-order valence-electron chi connectivity index (χ3n) is 4.31. The molecule has 0 unspecified atom stereocenters. The molecule has 3 aromatic rings. The minimum atomic E-state index is -0.214. The molecule has 2 N–H and O–H groups in total. The molecule has 0 aromatic heterocycles. The van der Waals surface area contributed by atoms with Gasteiger partial charge in [0, 0.05) is 5.69 Å². The normalized spacial score (nSPS) is 10.5. The van der Waals surface area contributed by atoms with Crippen molar-refractivity contribution in [3.63, 3.8) is 0 Å². The van der Waals surface area contributed by atoms with Crippen molar-refractivity contribution < 1.29 is 9.53 Å². The van der Waals surface area contributed by atoms with Gasteiger partial charge in [-0.1, -0.05) is 65.1 Å². The molecular weight excluding hydrogens is 443 g/mol. The molecular formula is C23H21Cl3N2O2. The maximum atomic E-state index is 12.2. The van der Waals surface area contributed by atoms with E-state index >= 15 is 0 Å². The second-order valence-corrected chi connectivity index (χ2v) is 7.83. The van der Waals surface area contributed by atoms with Crippen LogP contribution in [-0.2, 0) is 11.2 Å². The Morgan fingerprint density at radius 1 is 0.867 bits per heavy atom. The van der Waals surface area contributed by atoms with Crippen molar-refractivity contribution >= 4 is 52.1 Å². The van der Waals surface area contributed by atoms with Crippen LogP contribution in [-0.4, -0.2) is 19.1 Å². The Labute approximate surface area is 191 Å². The van der Waals surface area contributed by atoms with E-state index in [0.717, 1.165) is 18.6 Å². The molecule has 30 heavy (non-hydrogen) atoms. The summed E-state index contributed by atoms with van der Waals surface area (Å²) in [5, 5.41) is 6.88. The first-order valence-electron chi connectivity index (χ1n) is 9.46. The molecule has 7 heteroatoms. The summed E-state index contributed by atoms with van der Waals surface area (Å²) < 4.78 is 5.76. The number of anilines is 2. The smallest absolute Gasteiger partial charge is 0.243 e. The minimum absolute atomic E-state index is 0.0371. The SMILES string of the molecule is O=C(CNc1cc(Cl)c(Cl)cc1Cl)Nc1ccc(OCCCc2ccccc2)cc1. The lowest BCUT2D eigenvalue weighted by atomic mass is 10.1. The number of amides is 1. The van der Waals surface area contributed by atoms with Crippen molar-refractivity contribution in [1.82, 2.24) is 0 Å². The van der Waals surface area contributed by atoms with Gasteiger partial charge < -0.3 is 15.4 Å². The standard InChI is InChI=1S/C23H21Cl3N2O2/c24-19-13-21(26)22(14-20(19)25)27-15-23(29)28-17-8-10-18(11-9-17)30-12-4-7-16-5-2-1-3-6-16/h1-3,5-6,8-11,13-14,27H,4,7,12,15H2,(H,28,29). The monoisotopic (exact) mass is 462 g/mol. The number of hydrogen-bond donors (Lipinski definition) is 2. The van der Waals surface area contributed by atoms with Crippen molar-refractivity contribution in [2.75, 3.05) is 23.8 Å². The molecule has 0 spiro atoms. The quantitative estimate of drug-likeness (QED) is 0.274. The van der Waals surface area contributed by atoms with E-state index in [2.05, 4.69) is 22.8 Å².